The van der Waals surface area contributed by atoms with Crippen molar-refractivity contribution in [1.29, 1.82) is 0 Å². The average molecular weight is 364 g/mol. The summed E-state index contributed by atoms with van der Waals surface area (Å²) < 4.78 is 28.0. The maximum absolute atomic E-state index is 12.7. The zero-order valence-corrected chi connectivity index (χ0v) is 14.6. The maximum atomic E-state index is 12.7. The van der Waals surface area contributed by atoms with Crippen LogP contribution in [0.4, 0.5) is 0 Å². The first kappa shape index (κ1) is 16.4. The Balaban J connectivity index is 1.59. The van der Waals surface area contributed by atoms with Crippen LogP contribution in [0.2, 0.25) is 0 Å². The van der Waals surface area contributed by atoms with E-state index in [0.717, 1.165) is 27.7 Å². The molecule has 4 rings (SSSR count). The van der Waals surface area contributed by atoms with Crippen molar-refractivity contribution in [3.8, 4) is 11.1 Å². The Morgan fingerprint density at radius 2 is 1.85 bits per heavy atom. The average Bonchev–Trinajstić information content (AvgIpc) is 3.11. The molecule has 0 amide bonds. The minimum Gasteiger partial charge on any atom is -0.346 e. The number of fused-ring (bicyclic) bond motifs is 1. The molecular formula is C19H16N4O2S. The van der Waals surface area contributed by atoms with Crippen molar-refractivity contribution in [3.05, 3.63) is 78.9 Å². The van der Waals surface area contributed by atoms with E-state index in [1.165, 1.54) is 0 Å². The van der Waals surface area contributed by atoms with Crippen LogP contribution in [-0.4, -0.2) is 23.4 Å². The first-order chi connectivity index (χ1) is 12.6. The van der Waals surface area contributed by atoms with Gasteiger partial charge in [0.2, 0.25) is 10.0 Å². The lowest BCUT2D eigenvalue weighted by atomic mass is 10.1. The highest BCUT2D eigenvalue weighted by Gasteiger charge is 2.15. The lowest BCUT2D eigenvalue weighted by molar-refractivity contribution is 0.581. The SMILES string of the molecule is O=S(=O)(NCc1c[nH]c2ncccc12)c1cccc(-c2cccnc2)c1. The first-order valence-electron chi connectivity index (χ1n) is 8.04. The molecule has 0 atom stereocenters. The van der Waals surface area contributed by atoms with Gasteiger partial charge < -0.3 is 4.98 Å². The van der Waals surface area contributed by atoms with Crippen LogP contribution in [0.5, 0.6) is 0 Å². The Morgan fingerprint density at radius 1 is 1.00 bits per heavy atom. The molecule has 0 saturated heterocycles. The summed E-state index contributed by atoms with van der Waals surface area (Å²) in [6.45, 7) is 0.186. The predicted octanol–water partition coefficient (Wildman–Crippen LogP) is 3.10. The number of nitrogens with zero attached hydrogens (tertiary/aromatic N) is 2. The van der Waals surface area contributed by atoms with Gasteiger partial charge in [-0.1, -0.05) is 18.2 Å². The van der Waals surface area contributed by atoms with Crippen molar-refractivity contribution in [2.24, 2.45) is 0 Å². The largest absolute Gasteiger partial charge is 0.346 e. The van der Waals surface area contributed by atoms with Crippen LogP contribution in [0, 0.1) is 0 Å². The molecule has 0 unspecified atom stereocenters. The second kappa shape index (κ2) is 6.70. The Hall–Kier alpha value is -3.03. The van der Waals surface area contributed by atoms with Crippen molar-refractivity contribution < 1.29 is 8.42 Å². The Morgan fingerprint density at radius 3 is 2.69 bits per heavy atom. The van der Waals surface area contributed by atoms with Gasteiger partial charge in [-0.2, -0.15) is 0 Å². The van der Waals surface area contributed by atoms with E-state index in [-0.39, 0.29) is 11.4 Å². The minimum absolute atomic E-state index is 0.186. The highest BCUT2D eigenvalue weighted by molar-refractivity contribution is 7.89. The second-order valence-electron chi connectivity index (χ2n) is 5.81. The molecule has 0 fully saturated rings. The Bertz CT molecular complexity index is 1150. The van der Waals surface area contributed by atoms with Gasteiger partial charge in [-0.25, -0.2) is 18.1 Å². The fraction of sp³-hybridized carbons (Fsp3) is 0.0526. The van der Waals surface area contributed by atoms with Gasteiger partial charge in [0.05, 0.1) is 4.90 Å². The number of sulfonamides is 1. The van der Waals surface area contributed by atoms with Gasteiger partial charge in [0.1, 0.15) is 5.65 Å². The topological polar surface area (TPSA) is 87.7 Å². The number of benzene rings is 1. The van der Waals surface area contributed by atoms with Crippen molar-refractivity contribution in [2.75, 3.05) is 0 Å². The van der Waals surface area contributed by atoms with E-state index in [9.17, 15) is 8.42 Å². The quantitative estimate of drug-likeness (QED) is 0.570. The highest BCUT2D eigenvalue weighted by atomic mass is 32.2. The van der Waals surface area contributed by atoms with E-state index in [1.807, 2.05) is 30.3 Å². The van der Waals surface area contributed by atoms with Gasteiger partial charge in [-0.3, -0.25) is 4.98 Å². The molecule has 0 saturated carbocycles. The van der Waals surface area contributed by atoms with Crippen LogP contribution >= 0.6 is 0 Å². The Labute approximate surface area is 151 Å². The molecule has 0 bridgehead atoms. The van der Waals surface area contributed by atoms with Gasteiger partial charge in [0, 0.05) is 42.3 Å². The fourth-order valence-electron chi connectivity index (χ4n) is 2.79. The van der Waals surface area contributed by atoms with E-state index in [1.54, 1.807) is 43.0 Å². The third-order valence-corrected chi connectivity index (χ3v) is 5.53. The molecule has 0 aliphatic rings. The molecule has 3 aromatic heterocycles. The van der Waals surface area contributed by atoms with Crippen molar-refractivity contribution in [1.82, 2.24) is 19.7 Å². The number of aromatic nitrogens is 3. The molecule has 0 radical (unpaired) electrons. The standard InChI is InChI=1S/C19H16N4O2S/c24-26(25,23-13-16-12-22-19-18(16)7-3-9-21-19)17-6-1-4-14(10-17)15-5-2-8-20-11-15/h1-12,23H,13H2,(H,21,22). The molecule has 4 aromatic rings. The molecule has 26 heavy (non-hydrogen) atoms. The predicted molar refractivity (Wildman–Crippen MR) is 99.8 cm³/mol. The summed E-state index contributed by atoms with van der Waals surface area (Å²) >= 11 is 0. The van der Waals surface area contributed by atoms with E-state index < -0.39 is 10.0 Å². The van der Waals surface area contributed by atoms with E-state index in [0.29, 0.717) is 0 Å². The second-order valence-corrected chi connectivity index (χ2v) is 7.57. The van der Waals surface area contributed by atoms with Crippen LogP contribution in [0.25, 0.3) is 22.2 Å². The molecule has 7 heteroatoms. The Kier molecular flexibility index (Phi) is 4.24. The van der Waals surface area contributed by atoms with Crippen molar-refractivity contribution in [2.45, 2.75) is 11.4 Å². The number of hydrogen-bond acceptors (Lipinski definition) is 4. The lowest BCUT2D eigenvalue weighted by Gasteiger charge is -2.08. The monoisotopic (exact) mass is 364 g/mol. The van der Waals surface area contributed by atoms with Crippen LogP contribution in [-0.2, 0) is 16.6 Å². The normalized spacial score (nSPS) is 11.7. The number of hydrogen-bond donors (Lipinski definition) is 2. The fourth-order valence-corrected chi connectivity index (χ4v) is 3.84. The van der Waals surface area contributed by atoms with Gasteiger partial charge in [0.25, 0.3) is 0 Å². The van der Waals surface area contributed by atoms with Gasteiger partial charge in [-0.15, -0.1) is 0 Å². The summed E-state index contributed by atoms with van der Waals surface area (Å²) in [5.74, 6) is 0. The molecule has 2 N–H and O–H groups in total. The third-order valence-electron chi connectivity index (χ3n) is 4.13. The van der Waals surface area contributed by atoms with Crippen molar-refractivity contribution in [3.63, 3.8) is 0 Å². The zero-order chi connectivity index (χ0) is 18.0. The van der Waals surface area contributed by atoms with Crippen LogP contribution in [0.1, 0.15) is 5.56 Å². The maximum Gasteiger partial charge on any atom is 0.240 e. The van der Waals surface area contributed by atoms with Gasteiger partial charge in [-0.05, 0) is 41.5 Å². The van der Waals surface area contributed by atoms with Gasteiger partial charge >= 0.3 is 0 Å². The molecule has 0 aliphatic heterocycles. The first-order valence-corrected chi connectivity index (χ1v) is 9.53. The number of pyridine rings is 2. The summed E-state index contributed by atoms with van der Waals surface area (Å²) in [6, 6.07) is 14.3. The summed E-state index contributed by atoms with van der Waals surface area (Å²) in [4.78, 5) is 11.5. The van der Waals surface area contributed by atoms with Gasteiger partial charge in [0.15, 0.2) is 0 Å². The summed E-state index contributed by atoms with van der Waals surface area (Å²) in [7, 11) is -3.64. The lowest BCUT2D eigenvalue weighted by Crippen LogP contribution is -2.23. The van der Waals surface area contributed by atoms with E-state index in [2.05, 4.69) is 19.7 Å². The number of H-pyrrole nitrogens is 1. The molecule has 1 aromatic carbocycles. The molecule has 0 spiro atoms. The summed E-state index contributed by atoms with van der Waals surface area (Å²) in [6.07, 6.45) is 6.85. The van der Waals surface area contributed by atoms with Crippen LogP contribution in [0.15, 0.2) is 78.2 Å². The van der Waals surface area contributed by atoms with Crippen LogP contribution in [0.3, 0.4) is 0 Å². The molecule has 3 heterocycles. The third kappa shape index (κ3) is 3.22. The molecule has 0 aliphatic carbocycles. The number of nitrogens with one attached hydrogen (secondary N) is 2. The van der Waals surface area contributed by atoms with E-state index >= 15 is 0 Å². The smallest absolute Gasteiger partial charge is 0.240 e. The highest BCUT2D eigenvalue weighted by Crippen LogP contribution is 2.22. The van der Waals surface area contributed by atoms with Crippen molar-refractivity contribution >= 4 is 21.1 Å². The number of aromatic amines is 1. The minimum atomic E-state index is -3.64. The summed E-state index contributed by atoms with van der Waals surface area (Å²) in [5.41, 5.74) is 3.25. The molecule has 130 valence electrons. The number of rotatable bonds is 5. The molecule has 6 nitrogen and oxygen atoms in total. The van der Waals surface area contributed by atoms with E-state index in [4.69, 9.17) is 0 Å². The summed E-state index contributed by atoms with van der Waals surface area (Å²) in [5, 5.41) is 0.902. The zero-order valence-electron chi connectivity index (χ0n) is 13.8. The van der Waals surface area contributed by atoms with Crippen LogP contribution < -0.4 is 4.72 Å². The molecular weight excluding hydrogens is 348 g/mol.